The average molecular weight is 382 g/mol. The number of rotatable bonds is 5. The third-order valence-corrected chi connectivity index (χ3v) is 4.58. The van der Waals surface area contributed by atoms with Crippen molar-refractivity contribution in [3.63, 3.8) is 0 Å². The second-order valence-electron chi connectivity index (χ2n) is 6.84. The molecule has 7 heteroatoms. The average Bonchev–Trinajstić information content (AvgIpc) is 2.61. The van der Waals surface area contributed by atoms with Crippen LogP contribution in [0.1, 0.15) is 50.7 Å². The number of amides is 2. The van der Waals surface area contributed by atoms with Gasteiger partial charge in [0.15, 0.2) is 0 Å². The summed E-state index contributed by atoms with van der Waals surface area (Å²) >= 11 is 0. The summed E-state index contributed by atoms with van der Waals surface area (Å²) in [7, 11) is 0. The van der Waals surface area contributed by atoms with E-state index in [1.807, 2.05) is 6.92 Å². The van der Waals surface area contributed by atoms with E-state index < -0.39 is 11.7 Å². The molecule has 0 radical (unpaired) electrons. The van der Waals surface area contributed by atoms with E-state index in [-0.39, 0.29) is 17.9 Å². The van der Waals surface area contributed by atoms with Crippen LogP contribution in [-0.2, 0) is 15.8 Å². The molecule has 0 saturated carbocycles. The lowest BCUT2D eigenvalue weighted by molar-refractivity contribution is -0.137. The van der Waals surface area contributed by atoms with Crippen LogP contribution < -0.4 is 5.32 Å². The Balaban J connectivity index is 2.00. The predicted octanol–water partition coefficient (Wildman–Crippen LogP) is 4.02. The van der Waals surface area contributed by atoms with E-state index in [2.05, 4.69) is 5.32 Å². The molecule has 1 N–H and O–H groups in total. The standard InChI is InChI=1S/C20H25F3N2O2/c1-3-5-18(26)24-17-6-4-11-25(13-17)19(27)12-14(2)15-7-9-16(10-8-15)20(21,22)23/h7-10,12,17H,3-6,11,13H2,1-2H3,(H,24,26)/b14-12-. The molecule has 0 spiro atoms. The van der Waals surface area contributed by atoms with Crippen LogP contribution >= 0.6 is 0 Å². The van der Waals surface area contributed by atoms with Crippen molar-refractivity contribution in [1.29, 1.82) is 0 Å². The highest BCUT2D eigenvalue weighted by Gasteiger charge is 2.30. The first-order valence-electron chi connectivity index (χ1n) is 9.15. The molecule has 1 aliphatic heterocycles. The summed E-state index contributed by atoms with van der Waals surface area (Å²) in [4.78, 5) is 25.9. The molecule has 4 nitrogen and oxygen atoms in total. The highest BCUT2D eigenvalue weighted by Crippen LogP contribution is 2.30. The molecule has 2 rings (SSSR count). The van der Waals surface area contributed by atoms with E-state index in [1.165, 1.54) is 18.2 Å². The molecule has 1 saturated heterocycles. The molecular weight excluding hydrogens is 357 g/mol. The highest BCUT2D eigenvalue weighted by atomic mass is 19.4. The fourth-order valence-corrected chi connectivity index (χ4v) is 3.10. The summed E-state index contributed by atoms with van der Waals surface area (Å²) in [5, 5.41) is 2.95. The van der Waals surface area contributed by atoms with Crippen LogP contribution in [0.4, 0.5) is 13.2 Å². The fraction of sp³-hybridized carbons (Fsp3) is 0.500. The van der Waals surface area contributed by atoms with E-state index in [0.717, 1.165) is 31.4 Å². The number of carbonyl (C=O) groups excluding carboxylic acids is 2. The first-order chi connectivity index (χ1) is 12.7. The Labute approximate surface area is 157 Å². The van der Waals surface area contributed by atoms with Crippen LogP contribution in [0.2, 0.25) is 0 Å². The molecule has 0 aromatic heterocycles. The molecule has 1 aromatic rings. The van der Waals surface area contributed by atoms with Gasteiger partial charge in [-0.3, -0.25) is 9.59 Å². The minimum absolute atomic E-state index is 0.00623. The molecule has 1 unspecified atom stereocenters. The first kappa shape index (κ1) is 21.0. The zero-order valence-corrected chi connectivity index (χ0v) is 15.6. The number of halogens is 3. The van der Waals surface area contributed by atoms with Crippen LogP contribution in [0, 0.1) is 0 Å². The summed E-state index contributed by atoms with van der Waals surface area (Å²) in [6.45, 7) is 4.69. The Morgan fingerprint density at radius 1 is 1.26 bits per heavy atom. The zero-order chi connectivity index (χ0) is 20.0. The van der Waals surface area contributed by atoms with Gasteiger partial charge >= 0.3 is 6.18 Å². The van der Waals surface area contributed by atoms with Crippen molar-refractivity contribution < 1.29 is 22.8 Å². The van der Waals surface area contributed by atoms with E-state index >= 15 is 0 Å². The van der Waals surface area contributed by atoms with Crippen molar-refractivity contribution in [3.8, 4) is 0 Å². The summed E-state index contributed by atoms with van der Waals surface area (Å²) in [5.41, 5.74) is 0.457. The third kappa shape index (κ3) is 6.12. The number of allylic oxidation sites excluding steroid dienone is 1. The Kier molecular flexibility index (Phi) is 7.05. The molecular formula is C20H25F3N2O2. The minimum atomic E-state index is -4.38. The quantitative estimate of drug-likeness (QED) is 0.782. The second-order valence-corrected chi connectivity index (χ2v) is 6.84. The van der Waals surface area contributed by atoms with Crippen LogP contribution in [-0.4, -0.2) is 35.8 Å². The number of hydrogen-bond acceptors (Lipinski definition) is 2. The van der Waals surface area contributed by atoms with Gasteiger partial charge in [0.25, 0.3) is 0 Å². The number of piperidine rings is 1. The Hall–Kier alpha value is -2.31. The van der Waals surface area contributed by atoms with Gasteiger partial charge in [0.2, 0.25) is 11.8 Å². The minimum Gasteiger partial charge on any atom is -0.352 e. The number of nitrogens with zero attached hydrogens (tertiary/aromatic N) is 1. The van der Waals surface area contributed by atoms with Gasteiger partial charge in [-0.1, -0.05) is 19.1 Å². The topological polar surface area (TPSA) is 49.4 Å². The van der Waals surface area contributed by atoms with Crippen LogP contribution in [0.3, 0.4) is 0 Å². The molecule has 2 amide bonds. The van der Waals surface area contributed by atoms with Crippen molar-refractivity contribution in [1.82, 2.24) is 10.2 Å². The van der Waals surface area contributed by atoms with Crippen LogP contribution in [0.5, 0.6) is 0 Å². The Morgan fingerprint density at radius 2 is 1.93 bits per heavy atom. The van der Waals surface area contributed by atoms with Crippen molar-refractivity contribution >= 4 is 17.4 Å². The number of carbonyl (C=O) groups is 2. The zero-order valence-electron chi connectivity index (χ0n) is 15.6. The van der Waals surface area contributed by atoms with Crippen molar-refractivity contribution in [2.75, 3.05) is 13.1 Å². The van der Waals surface area contributed by atoms with Gasteiger partial charge in [0, 0.05) is 31.6 Å². The maximum Gasteiger partial charge on any atom is 0.416 e. The van der Waals surface area contributed by atoms with Crippen LogP contribution in [0.15, 0.2) is 30.3 Å². The number of benzene rings is 1. The molecule has 1 atom stereocenters. The lowest BCUT2D eigenvalue weighted by atomic mass is 10.0. The Morgan fingerprint density at radius 3 is 2.52 bits per heavy atom. The monoisotopic (exact) mass is 382 g/mol. The number of hydrogen-bond donors (Lipinski definition) is 1. The van der Waals surface area contributed by atoms with Crippen molar-refractivity contribution in [2.24, 2.45) is 0 Å². The van der Waals surface area contributed by atoms with Gasteiger partial charge in [0.1, 0.15) is 0 Å². The van der Waals surface area contributed by atoms with E-state index in [0.29, 0.717) is 30.6 Å². The van der Waals surface area contributed by atoms with Gasteiger partial charge in [-0.05, 0) is 49.5 Å². The van der Waals surface area contributed by atoms with E-state index in [4.69, 9.17) is 0 Å². The molecule has 0 bridgehead atoms. The second kappa shape index (κ2) is 9.06. The summed E-state index contributed by atoms with van der Waals surface area (Å²) in [6.07, 6.45) is -0.0553. The van der Waals surface area contributed by atoms with E-state index in [1.54, 1.807) is 11.8 Å². The fourth-order valence-electron chi connectivity index (χ4n) is 3.10. The van der Waals surface area contributed by atoms with Gasteiger partial charge in [-0.2, -0.15) is 13.2 Å². The summed E-state index contributed by atoms with van der Waals surface area (Å²) in [6, 6.07) is 4.70. The number of nitrogens with one attached hydrogen (secondary N) is 1. The van der Waals surface area contributed by atoms with Crippen molar-refractivity contribution in [3.05, 3.63) is 41.5 Å². The molecule has 1 heterocycles. The van der Waals surface area contributed by atoms with Crippen LogP contribution in [0.25, 0.3) is 5.57 Å². The lowest BCUT2D eigenvalue weighted by Crippen LogP contribution is -2.49. The van der Waals surface area contributed by atoms with Gasteiger partial charge in [-0.25, -0.2) is 0 Å². The first-order valence-corrected chi connectivity index (χ1v) is 9.15. The smallest absolute Gasteiger partial charge is 0.352 e. The third-order valence-electron chi connectivity index (χ3n) is 4.58. The molecule has 1 aliphatic rings. The molecule has 27 heavy (non-hydrogen) atoms. The normalized spacial score (nSPS) is 18.3. The van der Waals surface area contributed by atoms with Gasteiger partial charge < -0.3 is 10.2 Å². The molecule has 1 aromatic carbocycles. The molecule has 0 aliphatic carbocycles. The maximum atomic E-state index is 12.6. The number of alkyl halides is 3. The summed E-state index contributed by atoms with van der Waals surface area (Å²) in [5.74, 6) is -0.199. The molecule has 1 fully saturated rings. The van der Waals surface area contributed by atoms with Gasteiger partial charge in [0.05, 0.1) is 5.56 Å². The predicted molar refractivity (Wildman–Crippen MR) is 97.7 cm³/mol. The maximum absolute atomic E-state index is 12.6. The van der Waals surface area contributed by atoms with E-state index in [9.17, 15) is 22.8 Å². The number of likely N-dealkylation sites (tertiary alicyclic amines) is 1. The van der Waals surface area contributed by atoms with Crippen molar-refractivity contribution in [2.45, 2.75) is 51.7 Å². The summed E-state index contributed by atoms with van der Waals surface area (Å²) < 4.78 is 37.9. The highest BCUT2D eigenvalue weighted by molar-refractivity contribution is 5.95. The lowest BCUT2D eigenvalue weighted by Gasteiger charge is -2.32. The largest absolute Gasteiger partial charge is 0.416 e. The molecule has 148 valence electrons. The SMILES string of the molecule is CCCC(=O)NC1CCCN(C(=O)/C=C(/C)c2ccc(C(F)(F)F)cc2)C1. The Bertz CT molecular complexity index is 696. The van der Waals surface area contributed by atoms with Gasteiger partial charge in [-0.15, -0.1) is 0 Å².